The summed E-state index contributed by atoms with van der Waals surface area (Å²) in [6.07, 6.45) is 1.84. The van der Waals surface area contributed by atoms with Gasteiger partial charge in [0.15, 0.2) is 5.16 Å². The van der Waals surface area contributed by atoms with E-state index in [2.05, 4.69) is 24.1 Å². The van der Waals surface area contributed by atoms with Gasteiger partial charge in [-0.3, -0.25) is 14.2 Å². The molecule has 2 aromatic heterocycles. The molecule has 0 aromatic carbocycles. The lowest BCUT2D eigenvalue weighted by Gasteiger charge is -2.15. The Kier molecular flexibility index (Phi) is 6.46. The van der Waals surface area contributed by atoms with Crippen LogP contribution in [0.25, 0.3) is 10.2 Å². The van der Waals surface area contributed by atoms with Crippen molar-refractivity contribution >= 4 is 39.2 Å². The van der Waals surface area contributed by atoms with Crippen molar-refractivity contribution in [3.8, 4) is 0 Å². The number of aromatic nitrogens is 2. The molecule has 0 unspecified atom stereocenters. The number of carbonyl (C=O) groups excluding carboxylic acids is 1. The topological polar surface area (TPSA) is 64.0 Å². The summed E-state index contributed by atoms with van der Waals surface area (Å²) in [6, 6.07) is 0.213. The number of fused-ring (bicyclic) bond motifs is 1. The number of rotatable bonds is 7. The molecule has 2 heterocycles. The second kappa shape index (κ2) is 8.16. The largest absolute Gasteiger partial charge is 0.353 e. The van der Waals surface area contributed by atoms with Gasteiger partial charge in [-0.1, -0.05) is 25.6 Å². The average Bonchev–Trinajstić information content (AvgIpc) is 2.85. The molecule has 0 bridgehead atoms. The van der Waals surface area contributed by atoms with Crippen molar-refractivity contribution in [1.29, 1.82) is 0 Å². The Labute approximate surface area is 150 Å². The third kappa shape index (κ3) is 3.83. The minimum Gasteiger partial charge on any atom is -0.353 e. The SMILES string of the molecule is CCC(CC)NC(=O)CSc1nc2sc(C)c(C)c2c(=O)n1CC. The van der Waals surface area contributed by atoms with Crippen LogP contribution in [0.2, 0.25) is 0 Å². The van der Waals surface area contributed by atoms with E-state index in [-0.39, 0.29) is 23.3 Å². The summed E-state index contributed by atoms with van der Waals surface area (Å²) >= 11 is 2.87. The van der Waals surface area contributed by atoms with E-state index in [9.17, 15) is 9.59 Å². The average molecular weight is 368 g/mol. The highest BCUT2D eigenvalue weighted by atomic mass is 32.2. The van der Waals surface area contributed by atoms with Crippen LogP contribution in [0.5, 0.6) is 0 Å². The maximum absolute atomic E-state index is 12.7. The molecule has 132 valence electrons. The van der Waals surface area contributed by atoms with Crippen LogP contribution >= 0.6 is 23.1 Å². The van der Waals surface area contributed by atoms with Crippen molar-refractivity contribution in [2.45, 2.75) is 65.2 Å². The maximum atomic E-state index is 12.7. The molecule has 1 amide bonds. The van der Waals surface area contributed by atoms with Crippen LogP contribution in [0.1, 0.15) is 44.1 Å². The summed E-state index contributed by atoms with van der Waals surface area (Å²) in [7, 11) is 0. The minimum atomic E-state index is -0.00996. The molecule has 0 fully saturated rings. The fourth-order valence-corrected chi connectivity index (χ4v) is 4.53. The number of hydrogen-bond donors (Lipinski definition) is 1. The normalized spacial score (nSPS) is 11.4. The lowest BCUT2D eigenvalue weighted by atomic mass is 10.2. The minimum absolute atomic E-state index is 0.00717. The fourth-order valence-electron chi connectivity index (χ4n) is 2.59. The molecule has 0 radical (unpaired) electrons. The molecule has 24 heavy (non-hydrogen) atoms. The van der Waals surface area contributed by atoms with Gasteiger partial charge in [-0.15, -0.1) is 11.3 Å². The standard InChI is InChI=1S/C17H25N3O2S2/c1-6-12(7-2)18-13(21)9-23-17-19-15-14(10(4)11(5)24-15)16(22)20(17)8-3/h12H,6-9H2,1-5H3,(H,18,21). The first kappa shape index (κ1) is 19.0. The lowest BCUT2D eigenvalue weighted by molar-refractivity contribution is -0.119. The van der Waals surface area contributed by atoms with Crippen LogP contribution in [-0.4, -0.2) is 27.3 Å². The van der Waals surface area contributed by atoms with Crippen molar-refractivity contribution in [2.24, 2.45) is 0 Å². The molecule has 0 aliphatic carbocycles. The molecule has 0 atom stereocenters. The Bertz CT molecular complexity index is 791. The maximum Gasteiger partial charge on any atom is 0.263 e. The van der Waals surface area contributed by atoms with Crippen LogP contribution in [-0.2, 0) is 11.3 Å². The van der Waals surface area contributed by atoms with Crippen molar-refractivity contribution in [3.05, 3.63) is 20.8 Å². The van der Waals surface area contributed by atoms with Crippen molar-refractivity contribution in [2.75, 3.05) is 5.75 Å². The van der Waals surface area contributed by atoms with Gasteiger partial charge in [-0.2, -0.15) is 0 Å². The zero-order chi connectivity index (χ0) is 17.9. The monoisotopic (exact) mass is 367 g/mol. The van der Waals surface area contributed by atoms with Gasteiger partial charge >= 0.3 is 0 Å². The first-order valence-electron chi connectivity index (χ1n) is 8.35. The molecule has 0 aliphatic rings. The van der Waals surface area contributed by atoms with E-state index in [1.165, 1.54) is 11.8 Å². The Morgan fingerprint density at radius 1 is 1.29 bits per heavy atom. The smallest absolute Gasteiger partial charge is 0.263 e. The van der Waals surface area contributed by atoms with E-state index < -0.39 is 0 Å². The van der Waals surface area contributed by atoms with Gasteiger partial charge in [0.25, 0.3) is 5.56 Å². The molecule has 1 N–H and O–H groups in total. The Morgan fingerprint density at radius 3 is 2.54 bits per heavy atom. The highest BCUT2D eigenvalue weighted by molar-refractivity contribution is 7.99. The molecule has 5 nitrogen and oxygen atoms in total. The Balaban J connectivity index is 2.26. The third-order valence-electron chi connectivity index (χ3n) is 4.25. The predicted molar refractivity (Wildman–Crippen MR) is 102 cm³/mol. The highest BCUT2D eigenvalue weighted by Crippen LogP contribution is 2.28. The number of carbonyl (C=O) groups is 1. The molecular weight excluding hydrogens is 342 g/mol. The summed E-state index contributed by atoms with van der Waals surface area (Å²) in [5.74, 6) is 0.266. The van der Waals surface area contributed by atoms with E-state index in [1.54, 1.807) is 15.9 Å². The van der Waals surface area contributed by atoms with Crippen LogP contribution in [0.15, 0.2) is 9.95 Å². The first-order valence-corrected chi connectivity index (χ1v) is 10.2. The second-order valence-electron chi connectivity index (χ2n) is 5.78. The van der Waals surface area contributed by atoms with Gasteiger partial charge in [0.05, 0.1) is 11.1 Å². The Morgan fingerprint density at radius 2 is 1.96 bits per heavy atom. The molecular formula is C17H25N3O2S2. The number of thioether (sulfide) groups is 1. The van der Waals surface area contributed by atoms with E-state index in [0.29, 0.717) is 17.1 Å². The molecule has 0 spiro atoms. The molecule has 2 aromatic rings. The molecule has 0 saturated heterocycles. The van der Waals surface area contributed by atoms with Crippen LogP contribution in [0.4, 0.5) is 0 Å². The predicted octanol–water partition coefficient (Wildman–Crippen LogP) is 3.49. The van der Waals surface area contributed by atoms with Crippen LogP contribution < -0.4 is 10.9 Å². The number of thiophene rings is 1. The van der Waals surface area contributed by atoms with Crippen LogP contribution in [0.3, 0.4) is 0 Å². The van der Waals surface area contributed by atoms with Gasteiger partial charge in [0.1, 0.15) is 4.83 Å². The van der Waals surface area contributed by atoms with Crippen molar-refractivity contribution in [3.63, 3.8) is 0 Å². The summed E-state index contributed by atoms with van der Waals surface area (Å²) in [6.45, 7) is 10.6. The van der Waals surface area contributed by atoms with E-state index >= 15 is 0 Å². The molecule has 0 saturated carbocycles. The van der Waals surface area contributed by atoms with E-state index in [1.807, 2.05) is 20.8 Å². The molecule has 2 rings (SSSR count). The van der Waals surface area contributed by atoms with Gasteiger partial charge in [-0.25, -0.2) is 4.98 Å². The van der Waals surface area contributed by atoms with Gasteiger partial charge < -0.3 is 5.32 Å². The fraction of sp³-hybridized carbons (Fsp3) is 0.588. The quantitative estimate of drug-likeness (QED) is 0.601. The number of nitrogens with one attached hydrogen (secondary N) is 1. The highest BCUT2D eigenvalue weighted by Gasteiger charge is 2.17. The summed E-state index contributed by atoms with van der Waals surface area (Å²) in [4.78, 5) is 31.4. The van der Waals surface area contributed by atoms with Crippen LogP contribution in [0, 0.1) is 13.8 Å². The first-order chi connectivity index (χ1) is 11.4. The number of nitrogens with zero attached hydrogens (tertiary/aromatic N) is 2. The molecule has 0 aliphatic heterocycles. The van der Waals surface area contributed by atoms with Crippen molar-refractivity contribution in [1.82, 2.24) is 14.9 Å². The zero-order valence-corrected chi connectivity index (χ0v) is 16.6. The number of aryl methyl sites for hydroxylation is 2. The number of amides is 1. The summed E-state index contributed by atoms with van der Waals surface area (Å²) in [5.41, 5.74) is 1.00. The summed E-state index contributed by atoms with van der Waals surface area (Å²) < 4.78 is 1.66. The van der Waals surface area contributed by atoms with E-state index in [4.69, 9.17) is 0 Å². The van der Waals surface area contributed by atoms with Crippen molar-refractivity contribution < 1.29 is 4.79 Å². The van der Waals surface area contributed by atoms with E-state index in [0.717, 1.165) is 28.1 Å². The zero-order valence-electron chi connectivity index (χ0n) is 14.9. The van der Waals surface area contributed by atoms with Gasteiger partial charge in [0, 0.05) is 17.5 Å². The lowest BCUT2D eigenvalue weighted by Crippen LogP contribution is -2.35. The van der Waals surface area contributed by atoms with Gasteiger partial charge in [0.2, 0.25) is 5.91 Å². The summed E-state index contributed by atoms with van der Waals surface area (Å²) in [5, 5.41) is 4.35. The molecule has 7 heteroatoms. The third-order valence-corrected chi connectivity index (χ3v) is 6.33. The van der Waals surface area contributed by atoms with Gasteiger partial charge in [-0.05, 0) is 39.2 Å². The second-order valence-corrected chi connectivity index (χ2v) is 7.92. The number of hydrogen-bond acceptors (Lipinski definition) is 5. The Hall–Kier alpha value is -1.34.